The molecule has 0 radical (unpaired) electrons. The molecule has 0 aliphatic rings. The lowest BCUT2D eigenvalue weighted by Gasteiger charge is -2.04. The van der Waals surface area contributed by atoms with Crippen LogP contribution >= 0.6 is 11.6 Å². The lowest BCUT2D eigenvalue weighted by atomic mass is 10.2. The van der Waals surface area contributed by atoms with Crippen molar-refractivity contribution < 1.29 is 4.79 Å². The van der Waals surface area contributed by atoms with E-state index in [1.807, 2.05) is 0 Å². The van der Waals surface area contributed by atoms with Gasteiger partial charge in [0.15, 0.2) is 0 Å². The molecule has 0 bridgehead atoms. The predicted molar refractivity (Wildman–Crippen MR) is 67.2 cm³/mol. The molecule has 1 N–H and O–H groups in total. The van der Waals surface area contributed by atoms with Gasteiger partial charge in [-0.05, 0) is 31.2 Å². The van der Waals surface area contributed by atoms with Crippen LogP contribution in [0.15, 0.2) is 40.1 Å². The highest BCUT2D eigenvalue weighted by Crippen LogP contribution is 2.10. The Balaban J connectivity index is 2.53. The van der Waals surface area contributed by atoms with Crippen LogP contribution in [0.1, 0.15) is 15.9 Å². The number of aromatic nitrogens is 2. The van der Waals surface area contributed by atoms with Gasteiger partial charge < -0.3 is 0 Å². The van der Waals surface area contributed by atoms with Crippen LogP contribution in [-0.2, 0) is 0 Å². The van der Waals surface area contributed by atoms with Crippen LogP contribution in [-0.4, -0.2) is 15.5 Å². The van der Waals surface area contributed by atoms with E-state index in [4.69, 9.17) is 11.6 Å². The molecule has 92 valence electrons. The van der Waals surface area contributed by atoms with Crippen LogP contribution in [0.25, 0.3) is 0 Å². The lowest BCUT2D eigenvalue weighted by Crippen LogP contribution is -2.34. The Morgan fingerprint density at radius 1 is 1.22 bits per heavy atom. The zero-order valence-corrected chi connectivity index (χ0v) is 10.2. The minimum Gasteiger partial charge on any atom is -0.273 e. The van der Waals surface area contributed by atoms with Crippen molar-refractivity contribution >= 4 is 17.5 Å². The fourth-order valence-corrected chi connectivity index (χ4v) is 1.58. The molecule has 2 rings (SSSR count). The molecule has 1 aromatic carbocycles. The van der Waals surface area contributed by atoms with Crippen molar-refractivity contribution in [3.05, 3.63) is 67.4 Å². The Kier molecular flexibility index (Phi) is 3.16. The molecule has 0 aliphatic heterocycles. The summed E-state index contributed by atoms with van der Waals surface area (Å²) in [7, 11) is 0. The Labute approximate surface area is 107 Å². The fraction of sp³-hybridized carbons (Fsp3) is 0.0833. The normalized spacial score (nSPS) is 10.3. The number of hydrogen-bond acceptors (Lipinski definition) is 3. The number of hydrogen-bond donors (Lipinski definition) is 1. The largest absolute Gasteiger partial charge is 0.335 e. The molecular weight excluding hydrogens is 256 g/mol. The number of aryl methyl sites for hydroxylation is 1. The highest BCUT2D eigenvalue weighted by molar-refractivity contribution is 6.30. The van der Waals surface area contributed by atoms with Gasteiger partial charge in [-0.25, -0.2) is 9.36 Å². The molecule has 1 aromatic heterocycles. The van der Waals surface area contributed by atoms with Crippen LogP contribution in [0.4, 0.5) is 0 Å². The van der Waals surface area contributed by atoms with Gasteiger partial charge >= 0.3 is 5.69 Å². The van der Waals surface area contributed by atoms with Crippen molar-refractivity contribution in [1.82, 2.24) is 9.55 Å². The Morgan fingerprint density at radius 3 is 2.44 bits per heavy atom. The second kappa shape index (κ2) is 4.62. The molecule has 2 aromatic rings. The molecule has 0 spiro atoms. The van der Waals surface area contributed by atoms with Gasteiger partial charge in [-0.2, -0.15) is 0 Å². The molecule has 5 nitrogen and oxygen atoms in total. The molecule has 0 unspecified atom stereocenters. The van der Waals surface area contributed by atoms with Crippen LogP contribution in [0, 0.1) is 6.92 Å². The smallest absolute Gasteiger partial charge is 0.273 e. The fourth-order valence-electron chi connectivity index (χ4n) is 1.45. The molecular formula is C12H9ClN2O3. The number of aromatic amines is 1. The SMILES string of the molecule is Cc1cn(C(=O)c2ccc(Cl)cc2)c(=O)[nH]c1=O. The summed E-state index contributed by atoms with van der Waals surface area (Å²) in [5.41, 5.74) is -0.657. The van der Waals surface area contributed by atoms with Crippen LogP contribution in [0.5, 0.6) is 0 Å². The van der Waals surface area contributed by atoms with Crippen LogP contribution < -0.4 is 11.2 Å². The van der Waals surface area contributed by atoms with Gasteiger partial charge in [0.2, 0.25) is 0 Å². The maximum atomic E-state index is 12.0. The molecule has 0 aliphatic carbocycles. The first kappa shape index (κ1) is 12.3. The average molecular weight is 265 g/mol. The van der Waals surface area contributed by atoms with Crippen molar-refractivity contribution in [2.75, 3.05) is 0 Å². The number of H-pyrrole nitrogens is 1. The monoisotopic (exact) mass is 264 g/mol. The van der Waals surface area contributed by atoms with Crippen LogP contribution in [0.3, 0.4) is 0 Å². The van der Waals surface area contributed by atoms with Gasteiger partial charge in [-0.3, -0.25) is 14.6 Å². The Morgan fingerprint density at radius 2 is 1.83 bits per heavy atom. The van der Waals surface area contributed by atoms with Gasteiger partial charge in [0.05, 0.1) is 0 Å². The van der Waals surface area contributed by atoms with E-state index in [9.17, 15) is 14.4 Å². The molecule has 18 heavy (non-hydrogen) atoms. The maximum absolute atomic E-state index is 12.0. The third kappa shape index (κ3) is 2.26. The van der Waals surface area contributed by atoms with Gasteiger partial charge in [0.25, 0.3) is 11.5 Å². The number of rotatable bonds is 1. The Hall–Kier alpha value is -2.14. The first-order valence-electron chi connectivity index (χ1n) is 5.12. The first-order chi connectivity index (χ1) is 8.49. The number of carbonyl (C=O) groups is 1. The highest BCUT2D eigenvalue weighted by atomic mass is 35.5. The zero-order valence-electron chi connectivity index (χ0n) is 9.44. The minimum atomic E-state index is -0.759. The quantitative estimate of drug-likeness (QED) is 0.841. The lowest BCUT2D eigenvalue weighted by molar-refractivity contribution is 0.0954. The van der Waals surface area contributed by atoms with E-state index in [-0.39, 0.29) is 5.56 Å². The maximum Gasteiger partial charge on any atom is 0.335 e. The standard InChI is InChI=1S/C12H9ClN2O3/c1-7-6-15(12(18)14-10(7)16)11(17)8-2-4-9(13)5-3-8/h2-6H,1H3,(H,14,16,18). The van der Waals surface area contributed by atoms with Crippen molar-refractivity contribution in [3.63, 3.8) is 0 Å². The van der Waals surface area contributed by atoms with E-state index in [1.54, 1.807) is 12.1 Å². The molecule has 0 fully saturated rings. The summed E-state index contributed by atoms with van der Waals surface area (Å²) in [6.07, 6.45) is 1.22. The number of nitrogens with zero attached hydrogens (tertiary/aromatic N) is 1. The third-order valence-electron chi connectivity index (χ3n) is 2.43. The molecule has 1 heterocycles. The Bertz CT molecular complexity index is 713. The van der Waals surface area contributed by atoms with Crippen molar-refractivity contribution in [2.24, 2.45) is 0 Å². The first-order valence-corrected chi connectivity index (χ1v) is 5.49. The van der Waals surface area contributed by atoms with Crippen molar-refractivity contribution in [1.29, 1.82) is 0 Å². The predicted octanol–water partition coefficient (Wildman–Crippen LogP) is 1.19. The number of nitrogens with one attached hydrogen (secondary N) is 1. The summed E-state index contributed by atoms with van der Waals surface area (Å²) in [5, 5.41) is 0.497. The van der Waals surface area contributed by atoms with Crippen LogP contribution in [0.2, 0.25) is 5.02 Å². The van der Waals surface area contributed by atoms with Gasteiger partial charge in [-0.1, -0.05) is 11.6 Å². The van der Waals surface area contributed by atoms with E-state index >= 15 is 0 Å². The van der Waals surface area contributed by atoms with E-state index in [2.05, 4.69) is 4.98 Å². The summed E-state index contributed by atoms with van der Waals surface area (Å²) in [4.78, 5) is 36.8. The molecule has 6 heteroatoms. The van der Waals surface area contributed by atoms with Crippen molar-refractivity contribution in [3.8, 4) is 0 Å². The van der Waals surface area contributed by atoms with E-state index in [0.717, 1.165) is 4.57 Å². The number of carbonyl (C=O) groups excluding carboxylic acids is 1. The van der Waals surface area contributed by atoms with Crippen molar-refractivity contribution in [2.45, 2.75) is 6.92 Å². The summed E-state index contributed by atoms with van der Waals surface area (Å²) < 4.78 is 0.861. The second-order valence-electron chi connectivity index (χ2n) is 3.75. The summed E-state index contributed by atoms with van der Waals surface area (Å²) in [6.45, 7) is 1.52. The number of halogens is 1. The minimum absolute atomic E-state index is 0.289. The molecule has 0 saturated heterocycles. The summed E-state index contributed by atoms with van der Waals surface area (Å²) in [6, 6.07) is 6.13. The molecule has 0 amide bonds. The van der Waals surface area contributed by atoms with Gasteiger partial charge in [0.1, 0.15) is 0 Å². The van der Waals surface area contributed by atoms with E-state index < -0.39 is 17.2 Å². The highest BCUT2D eigenvalue weighted by Gasteiger charge is 2.11. The summed E-state index contributed by atoms with van der Waals surface area (Å²) in [5.74, 6) is -0.518. The zero-order chi connectivity index (χ0) is 13.3. The van der Waals surface area contributed by atoms with Gasteiger partial charge in [0, 0.05) is 22.3 Å². The average Bonchev–Trinajstić information content (AvgIpc) is 2.34. The molecule has 0 saturated carbocycles. The topological polar surface area (TPSA) is 71.9 Å². The third-order valence-corrected chi connectivity index (χ3v) is 2.68. The van der Waals surface area contributed by atoms with E-state index in [0.29, 0.717) is 10.6 Å². The summed E-state index contributed by atoms with van der Waals surface area (Å²) >= 11 is 5.71. The van der Waals surface area contributed by atoms with E-state index in [1.165, 1.54) is 25.3 Å². The second-order valence-corrected chi connectivity index (χ2v) is 4.19. The molecule has 0 atom stereocenters. The van der Waals surface area contributed by atoms with Gasteiger partial charge in [-0.15, -0.1) is 0 Å². The number of benzene rings is 1.